The van der Waals surface area contributed by atoms with E-state index < -0.39 is 10.0 Å². The number of fused-ring (bicyclic) bond motifs is 1. The van der Waals surface area contributed by atoms with Crippen LogP contribution in [0.2, 0.25) is 0 Å². The Morgan fingerprint density at radius 2 is 2.06 bits per heavy atom. The molecule has 18 heavy (non-hydrogen) atoms. The molecule has 0 atom stereocenters. The van der Waals surface area contributed by atoms with E-state index in [1.807, 2.05) is 38.1 Å². The van der Waals surface area contributed by atoms with Crippen molar-refractivity contribution in [3.8, 4) is 0 Å². The molecule has 0 spiro atoms. The van der Waals surface area contributed by atoms with E-state index in [1.165, 1.54) is 0 Å². The van der Waals surface area contributed by atoms with Crippen molar-refractivity contribution >= 4 is 21.4 Å². The third kappa shape index (κ3) is 2.77. The van der Waals surface area contributed by atoms with Crippen LogP contribution in [0.15, 0.2) is 24.3 Å². The number of benzene rings is 1. The predicted molar refractivity (Wildman–Crippen MR) is 75.5 cm³/mol. The Hall–Kier alpha value is -1.23. The predicted octanol–water partition coefficient (Wildman–Crippen LogP) is 2.29. The summed E-state index contributed by atoms with van der Waals surface area (Å²) in [6.45, 7) is 5.23. The highest BCUT2D eigenvalue weighted by molar-refractivity contribution is 7.92. The fourth-order valence-electron chi connectivity index (χ4n) is 2.21. The first-order valence-corrected chi connectivity index (χ1v) is 7.95. The van der Waals surface area contributed by atoms with Crippen LogP contribution in [0, 0.1) is 5.92 Å². The van der Waals surface area contributed by atoms with E-state index in [0.717, 1.165) is 24.3 Å². The standard InChI is InChI=1S/C13H20N2O2S/c1-11(2)10-18(16,17)15-9-5-8-14-12-6-3-4-7-13(12)15/h3-4,6-7,11,14H,5,8-10H2,1-2H3. The molecule has 1 aromatic rings. The minimum atomic E-state index is -3.23. The lowest BCUT2D eigenvalue weighted by Gasteiger charge is -2.24. The Morgan fingerprint density at radius 1 is 1.33 bits per heavy atom. The smallest absolute Gasteiger partial charge is 0.235 e. The van der Waals surface area contributed by atoms with Gasteiger partial charge in [0, 0.05) is 13.1 Å². The first-order chi connectivity index (χ1) is 8.50. The van der Waals surface area contributed by atoms with Gasteiger partial charge in [-0.15, -0.1) is 0 Å². The highest BCUT2D eigenvalue weighted by Crippen LogP contribution is 2.30. The van der Waals surface area contributed by atoms with E-state index in [1.54, 1.807) is 4.31 Å². The van der Waals surface area contributed by atoms with Crippen molar-refractivity contribution in [3.63, 3.8) is 0 Å². The summed E-state index contributed by atoms with van der Waals surface area (Å²) in [4.78, 5) is 0. The number of para-hydroxylation sites is 2. The molecule has 0 aliphatic carbocycles. The zero-order valence-electron chi connectivity index (χ0n) is 10.9. The fourth-order valence-corrected chi connectivity index (χ4v) is 4.10. The van der Waals surface area contributed by atoms with Gasteiger partial charge in [0.1, 0.15) is 0 Å². The fraction of sp³-hybridized carbons (Fsp3) is 0.538. The van der Waals surface area contributed by atoms with E-state index in [0.29, 0.717) is 6.54 Å². The van der Waals surface area contributed by atoms with Gasteiger partial charge >= 0.3 is 0 Å². The summed E-state index contributed by atoms with van der Waals surface area (Å²) in [5.41, 5.74) is 1.68. The summed E-state index contributed by atoms with van der Waals surface area (Å²) in [5, 5.41) is 3.27. The van der Waals surface area contributed by atoms with E-state index in [2.05, 4.69) is 5.32 Å². The maximum atomic E-state index is 12.4. The third-order valence-electron chi connectivity index (χ3n) is 2.91. The summed E-state index contributed by atoms with van der Waals surface area (Å²) < 4.78 is 26.4. The molecule has 1 aliphatic heterocycles. The van der Waals surface area contributed by atoms with Crippen LogP contribution in [-0.2, 0) is 10.0 Å². The number of nitrogens with one attached hydrogen (secondary N) is 1. The Kier molecular flexibility index (Phi) is 3.80. The van der Waals surface area contributed by atoms with Crippen molar-refractivity contribution in [1.29, 1.82) is 0 Å². The minimum absolute atomic E-state index is 0.137. The molecule has 0 aromatic heterocycles. The summed E-state index contributed by atoms with van der Waals surface area (Å²) in [7, 11) is -3.23. The van der Waals surface area contributed by atoms with Gasteiger partial charge in [0.05, 0.1) is 17.1 Å². The van der Waals surface area contributed by atoms with Gasteiger partial charge in [0.2, 0.25) is 10.0 Å². The van der Waals surface area contributed by atoms with Gasteiger partial charge in [0.15, 0.2) is 0 Å². The van der Waals surface area contributed by atoms with E-state index in [4.69, 9.17) is 0 Å². The van der Waals surface area contributed by atoms with E-state index in [-0.39, 0.29) is 11.7 Å². The molecule has 0 unspecified atom stereocenters. The van der Waals surface area contributed by atoms with Crippen LogP contribution in [0.4, 0.5) is 11.4 Å². The van der Waals surface area contributed by atoms with Crippen LogP contribution in [0.5, 0.6) is 0 Å². The van der Waals surface area contributed by atoms with E-state index in [9.17, 15) is 8.42 Å². The Labute approximate surface area is 109 Å². The van der Waals surface area contributed by atoms with Crippen LogP contribution >= 0.6 is 0 Å². The highest BCUT2D eigenvalue weighted by atomic mass is 32.2. The summed E-state index contributed by atoms with van der Waals surface area (Å²) >= 11 is 0. The monoisotopic (exact) mass is 268 g/mol. The molecule has 0 fully saturated rings. The summed E-state index contributed by atoms with van der Waals surface area (Å²) in [6, 6.07) is 7.60. The molecule has 0 amide bonds. The third-order valence-corrected chi connectivity index (χ3v) is 5.04. The van der Waals surface area contributed by atoms with Crippen LogP contribution in [0.1, 0.15) is 20.3 Å². The first-order valence-electron chi connectivity index (χ1n) is 6.34. The van der Waals surface area contributed by atoms with Crippen LogP contribution in [0.25, 0.3) is 0 Å². The average Bonchev–Trinajstić information content (AvgIpc) is 2.49. The first kappa shape index (κ1) is 13.2. The second-order valence-electron chi connectivity index (χ2n) is 5.04. The van der Waals surface area contributed by atoms with Gasteiger partial charge < -0.3 is 5.32 Å². The van der Waals surface area contributed by atoms with Crippen molar-refractivity contribution in [2.75, 3.05) is 28.5 Å². The van der Waals surface area contributed by atoms with Crippen LogP contribution < -0.4 is 9.62 Å². The second kappa shape index (κ2) is 5.18. The normalized spacial score (nSPS) is 16.1. The van der Waals surface area contributed by atoms with Gasteiger partial charge in [-0.05, 0) is 24.5 Å². The van der Waals surface area contributed by atoms with Crippen molar-refractivity contribution in [2.45, 2.75) is 20.3 Å². The molecule has 0 saturated carbocycles. The molecule has 0 radical (unpaired) electrons. The zero-order valence-corrected chi connectivity index (χ0v) is 11.7. The van der Waals surface area contributed by atoms with Gasteiger partial charge in [-0.1, -0.05) is 26.0 Å². The van der Waals surface area contributed by atoms with Gasteiger partial charge in [0.25, 0.3) is 0 Å². The lowest BCUT2D eigenvalue weighted by molar-refractivity contribution is 0.577. The molecular weight excluding hydrogens is 248 g/mol. The number of rotatable bonds is 3. The van der Waals surface area contributed by atoms with Crippen molar-refractivity contribution < 1.29 is 8.42 Å². The molecule has 0 saturated heterocycles. The molecule has 0 bridgehead atoms. The maximum absolute atomic E-state index is 12.4. The summed E-state index contributed by atoms with van der Waals surface area (Å²) in [5.74, 6) is 0.333. The number of sulfonamides is 1. The minimum Gasteiger partial charge on any atom is -0.383 e. The number of hydrogen-bond donors (Lipinski definition) is 1. The number of anilines is 2. The molecule has 1 aliphatic rings. The second-order valence-corrected chi connectivity index (χ2v) is 6.98. The SMILES string of the molecule is CC(C)CS(=O)(=O)N1CCCNc2ccccc21. The molecule has 1 heterocycles. The molecule has 1 aromatic carbocycles. The van der Waals surface area contributed by atoms with Crippen molar-refractivity contribution in [3.05, 3.63) is 24.3 Å². The quantitative estimate of drug-likeness (QED) is 0.915. The van der Waals surface area contributed by atoms with Crippen LogP contribution in [-0.4, -0.2) is 27.3 Å². The molecule has 100 valence electrons. The largest absolute Gasteiger partial charge is 0.383 e. The van der Waals surface area contributed by atoms with Crippen LogP contribution in [0.3, 0.4) is 0 Å². The Morgan fingerprint density at radius 3 is 2.78 bits per heavy atom. The average molecular weight is 268 g/mol. The van der Waals surface area contributed by atoms with Gasteiger partial charge in [-0.3, -0.25) is 4.31 Å². The number of nitrogens with zero attached hydrogens (tertiary/aromatic N) is 1. The number of hydrogen-bond acceptors (Lipinski definition) is 3. The molecule has 4 nitrogen and oxygen atoms in total. The zero-order chi connectivity index (χ0) is 13.2. The molecule has 2 rings (SSSR count). The summed E-state index contributed by atoms with van der Waals surface area (Å²) in [6.07, 6.45) is 0.825. The molecule has 5 heteroatoms. The van der Waals surface area contributed by atoms with Crippen molar-refractivity contribution in [1.82, 2.24) is 0 Å². The topological polar surface area (TPSA) is 49.4 Å². The highest BCUT2D eigenvalue weighted by Gasteiger charge is 2.26. The Bertz CT molecular complexity index is 511. The van der Waals surface area contributed by atoms with Gasteiger partial charge in [-0.25, -0.2) is 8.42 Å². The Balaban J connectivity index is 2.39. The van der Waals surface area contributed by atoms with Gasteiger partial charge in [-0.2, -0.15) is 0 Å². The lowest BCUT2D eigenvalue weighted by Crippen LogP contribution is -2.35. The molecular formula is C13H20N2O2S. The molecule has 1 N–H and O–H groups in total. The lowest BCUT2D eigenvalue weighted by atomic mass is 10.2. The van der Waals surface area contributed by atoms with E-state index >= 15 is 0 Å². The van der Waals surface area contributed by atoms with Crippen molar-refractivity contribution in [2.24, 2.45) is 5.92 Å². The maximum Gasteiger partial charge on any atom is 0.235 e.